The minimum atomic E-state index is -1.03. The summed E-state index contributed by atoms with van der Waals surface area (Å²) in [6.45, 7) is 0. The van der Waals surface area contributed by atoms with E-state index >= 15 is 0 Å². The van der Waals surface area contributed by atoms with E-state index in [4.69, 9.17) is 4.74 Å². The first-order chi connectivity index (χ1) is 10.1. The summed E-state index contributed by atoms with van der Waals surface area (Å²) in [5, 5.41) is 14.3. The molecule has 0 aromatic carbocycles. The van der Waals surface area contributed by atoms with E-state index in [1.165, 1.54) is 0 Å². The van der Waals surface area contributed by atoms with Gasteiger partial charge in [0.25, 0.3) is 0 Å². The van der Waals surface area contributed by atoms with Gasteiger partial charge in [0.15, 0.2) is 0 Å². The molecule has 2 saturated heterocycles. The molecule has 7 heteroatoms. The number of hydrogen-bond donors (Lipinski definition) is 3. The highest BCUT2D eigenvalue weighted by Crippen LogP contribution is 2.43. The Morgan fingerprint density at radius 2 is 1.57 bits per heavy atom. The number of aliphatic carboxylic acids is 1. The largest absolute Gasteiger partial charge is 0.481 e. The van der Waals surface area contributed by atoms with Gasteiger partial charge in [-0.3, -0.25) is 14.9 Å². The topological polar surface area (TPSA) is 105 Å². The molecule has 1 aliphatic carbocycles. The fourth-order valence-corrected chi connectivity index (χ4v) is 3.81. The first-order valence-corrected chi connectivity index (χ1v) is 7.56. The van der Waals surface area contributed by atoms with Crippen molar-refractivity contribution in [3.8, 4) is 0 Å². The molecular weight excluding hydrogens is 276 g/mol. The molecule has 21 heavy (non-hydrogen) atoms. The van der Waals surface area contributed by atoms with Gasteiger partial charge in [0.05, 0.1) is 24.0 Å². The second kappa shape index (κ2) is 5.63. The van der Waals surface area contributed by atoms with Crippen LogP contribution in [0.5, 0.6) is 0 Å². The molecule has 2 bridgehead atoms. The van der Waals surface area contributed by atoms with Crippen LogP contribution in [0.25, 0.3) is 0 Å². The lowest BCUT2D eigenvalue weighted by molar-refractivity contribution is -0.147. The summed E-state index contributed by atoms with van der Waals surface area (Å²) >= 11 is 0. The molecule has 7 nitrogen and oxygen atoms in total. The third-order valence-corrected chi connectivity index (χ3v) is 4.79. The van der Waals surface area contributed by atoms with Crippen LogP contribution in [0.1, 0.15) is 38.5 Å². The number of carbonyl (C=O) groups is 3. The normalized spacial score (nSPS) is 34.9. The number of carboxylic acids is 1. The maximum absolute atomic E-state index is 12.2. The average molecular weight is 296 g/mol. The number of amides is 3. The SMILES string of the molecule is O=C(NC(=O)C1C(C(=O)O)[C@@H]2CC[C@H]1O2)NC1CCCC1. The summed E-state index contributed by atoms with van der Waals surface area (Å²) in [5.74, 6) is -3.18. The lowest BCUT2D eigenvalue weighted by atomic mass is 9.79. The number of carboxylic acid groups (broad SMARTS) is 1. The zero-order chi connectivity index (χ0) is 15.0. The lowest BCUT2D eigenvalue weighted by Crippen LogP contribution is -2.50. The average Bonchev–Trinajstić information content (AvgIpc) is 3.13. The molecule has 0 spiro atoms. The predicted molar refractivity (Wildman–Crippen MR) is 71.4 cm³/mol. The van der Waals surface area contributed by atoms with Crippen LogP contribution in [0.4, 0.5) is 4.79 Å². The molecule has 0 aromatic heterocycles. The molecule has 4 atom stereocenters. The van der Waals surface area contributed by atoms with Crippen molar-refractivity contribution in [1.82, 2.24) is 10.6 Å². The number of hydrogen-bond acceptors (Lipinski definition) is 4. The molecule has 3 fully saturated rings. The predicted octanol–water partition coefficient (Wildman–Crippen LogP) is 0.633. The number of urea groups is 1. The fraction of sp³-hybridized carbons (Fsp3) is 0.786. The molecule has 2 unspecified atom stereocenters. The van der Waals surface area contributed by atoms with Crippen molar-refractivity contribution < 1.29 is 24.2 Å². The lowest BCUT2D eigenvalue weighted by Gasteiger charge is -2.23. The van der Waals surface area contributed by atoms with Crippen molar-refractivity contribution in [3.63, 3.8) is 0 Å². The summed E-state index contributed by atoms with van der Waals surface area (Å²) in [6.07, 6.45) is 4.58. The molecule has 116 valence electrons. The molecule has 2 aliphatic heterocycles. The zero-order valence-electron chi connectivity index (χ0n) is 11.7. The van der Waals surface area contributed by atoms with Crippen LogP contribution in [0, 0.1) is 11.8 Å². The number of imide groups is 1. The monoisotopic (exact) mass is 296 g/mol. The maximum atomic E-state index is 12.2. The van der Waals surface area contributed by atoms with Crippen molar-refractivity contribution >= 4 is 17.9 Å². The summed E-state index contributed by atoms with van der Waals surface area (Å²) in [5.41, 5.74) is 0. The van der Waals surface area contributed by atoms with Crippen LogP contribution in [-0.4, -0.2) is 41.3 Å². The Balaban J connectivity index is 1.59. The summed E-state index contributed by atoms with van der Waals surface area (Å²) in [7, 11) is 0. The Hall–Kier alpha value is -1.63. The van der Waals surface area contributed by atoms with E-state index in [9.17, 15) is 19.5 Å². The van der Waals surface area contributed by atoms with Gasteiger partial charge < -0.3 is 15.2 Å². The maximum Gasteiger partial charge on any atom is 0.321 e. The van der Waals surface area contributed by atoms with Gasteiger partial charge in [0.1, 0.15) is 0 Å². The van der Waals surface area contributed by atoms with Crippen molar-refractivity contribution in [2.24, 2.45) is 11.8 Å². The molecule has 0 radical (unpaired) electrons. The van der Waals surface area contributed by atoms with Crippen LogP contribution >= 0.6 is 0 Å². The smallest absolute Gasteiger partial charge is 0.321 e. The summed E-state index contributed by atoms with van der Waals surface area (Å²) < 4.78 is 5.52. The minimum Gasteiger partial charge on any atom is -0.481 e. The van der Waals surface area contributed by atoms with E-state index in [0.717, 1.165) is 25.7 Å². The Kier molecular flexibility index (Phi) is 3.84. The van der Waals surface area contributed by atoms with E-state index < -0.39 is 35.8 Å². The van der Waals surface area contributed by atoms with Gasteiger partial charge in [-0.05, 0) is 25.7 Å². The minimum absolute atomic E-state index is 0.115. The zero-order valence-corrected chi connectivity index (χ0v) is 11.7. The highest BCUT2D eigenvalue weighted by atomic mass is 16.5. The number of ether oxygens (including phenoxy) is 1. The van der Waals surface area contributed by atoms with Crippen LogP contribution in [0.2, 0.25) is 0 Å². The van der Waals surface area contributed by atoms with Crippen molar-refractivity contribution in [1.29, 1.82) is 0 Å². The van der Waals surface area contributed by atoms with Crippen LogP contribution in [0.15, 0.2) is 0 Å². The van der Waals surface area contributed by atoms with Gasteiger partial charge in [0, 0.05) is 6.04 Å². The van der Waals surface area contributed by atoms with Gasteiger partial charge in [-0.15, -0.1) is 0 Å². The third kappa shape index (κ3) is 2.74. The van der Waals surface area contributed by atoms with Gasteiger partial charge in [-0.2, -0.15) is 0 Å². The van der Waals surface area contributed by atoms with Gasteiger partial charge in [-0.25, -0.2) is 4.79 Å². The van der Waals surface area contributed by atoms with Crippen LogP contribution in [-0.2, 0) is 14.3 Å². The molecule has 3 aliphatic rings. The molecule has 3 rings (SSSR count). The molecule has 2 heterocycles. The van der Waals surface area contributed by atoms with Crippen molar-refractivity contribution in [3.05, 3.63) is 0 Å². The molecule has 3 N–H and O–H groups in total. The quantitative estimate of drug-likeness (QED) is 0.708. The molecular formula is C14H20N2O5. The molecule has 1 saturated carbocycles. The van der Waals surface area contributed by atoms with Gasteiger partial charge in [0.2, 0.25) is 5.91 Å². The van der Waals surface area contributed by atoms with E-state index in [1.807, 2.05) is 0 Å². The Morgan fingerprint density at radius 3 is 2.19 bits per heavy atom. The first-order valence-electron chi connectivity index (χ1n) is 7.56. The Bertz CT molecular complexity index is 460. The van der Waals surface area contributed by atoms with Crippen LogP contribution in [0.3, 0.4) is 0 Å². The number of rotatable bonds is 3. The van der Waals surface area contributed by atoms with E-state index in [2.05, 4.69) is 10.6 Å². The second-order valence-corrected chi connectivity index (χ2v) is 6.12. The standard InChI is InChI=1S/C14H20N2O5/c17-12(16-14(20)15-7-3-1-2-4-7)10-8-5-6-9(21-8)11(10)13(18)19/h7-11H,1-6H2,(H,18,19)(H2,15,16,17,20)/t8-,9+,10?,11?/m1/s1. The summed E-state index contributed by atoms with van der Waals surface area (Å²) in [6, 6.07) is -0.414. The molecule has 0 aromatic rings. The second-order valence-electron chi connectivity index (χ2n) is 6.12. The molecule has 3 amide bonds. The highest BCUT2D eigenvalue weighted by molar-refractivity contribution is 5.98. The Labute approximate surface area is 122 Å². The van der Waals surface area contributed by atoms with Crippen LogP contribution < -0.4 is 10.6 Å². The summed E-state index contributed by atoms with van der Waals surface area (Å²) in [4.78, 5) is 35.3. The van der Waals surface area contributed by atoms with Gasteiger partial charge >= 0.3 is 12.0 Å². The third-order valence-electron chi connectivity index (χ3n) is 4.79. The number of carbonyl (C=O) groups excluding carboxylic acids is 2. The van der Waals surface area contributed by atoms with E-state index in [-0.39, 0.29) is 12.1 Å². The number of nitrogens with one attached hydrogen (secondary N) is 2. The van der Waals surface area contributed by atoms with Crippen molar-refractivity contribution in [2.75, 3.05) is 0 Å². The van der Waals surface area contributed by atoms with E-state index in [1.54, 1.807) is 0 Å². The fourth-order valence-electron chi connectivity index (χ4n) is 3.81. The Morgan fingerprint density at radius 1 is 0.952 bits per heavy atom. The highest BCUT2D eigenvalue weighted by Gasteiger charge is 2.55. The van der Waals surface area contributed by atoms with Crippen molar-refractivity contribution in [2.45, 2.75) is 56.8 Å². The first kappa shape index (κ1) is 14.3. The van der Waals surface area contributed by atoms with Gasteiger partial charge in [-0.1, -0.05) is 12.8 Å². The number of fused-ring (bicyclic) bond motifs is 2. The van der Waals surface area contributed by atoms with E-state index in [0.29, 0.717) is 12.8 Å².